The molecule has 1 aliphatic rings. The fourth-order valence-corrected chi connectivity index (χ4v) is 4.10. The van der Waals surface area contributed by atoms with E-state index < -0.39 is 11.9 Å². The Bertz CT molecular complexity index is 853. The Hall–Kier alpha value is -1.56. The van der Waals surface area contributed by atoms with Gasteiger partial charge in [-0.15, -0.1) is 35.3 Å². The van der Waals surface area contributed by atoms with Crippen molar-refractivity contribution in [1.82, 2.24) is 15.6 Å². The molecule has 1 aromatic heterocycles. The molecular weight excluding hydrogens is 526 g/mol. The van der Waals surface area contributed by atoms with Crippen LogP contribution in [0.25, 0.3) is 0 Å². The molecule has 0 atom stereocenters. The molecular formula is C20H27F3IN5S. The van der Waals surface area contributed by atoms with Crippen molar-refractivity contribution in [3.63, 3.8) is 0 Å². The number of alkyl halides is 3. The summed E-state index contributed by atoms with van der Waals surface area (Å²) in [5.41, 5.74) is 2.96. The van der Waals surface area contributed by atoms with E-state index in [-0.39, 0.29) is 24.0 Å². The molecule has 1 aromatic carbocycles. The molecule has 0 spiro atoms. The molecule has 0 aliphatic carbocycles. The number of nitrogens with zero attached hydrogens (tertiary/aromatic N) is 3. The van der Waals surface area contributed by atoms with Gasteiger partial charge in [0.25, 0.3) is 0 Å². The number of rotatable bonds is 6. The lowest BCUT2D eigenvalue weighted by molar-refractivity contribution is -0.140. The second kappa shape index (κ2) is 11.2. The van der Waals surface area contributed by atoms with Crippen molar-refractivity contribution in [2.75, 3.05) is 31.6 Å². The maximum atomic E-state index is 12.6. The Morgan fingerprint density at radius 1 is 1.30 bits per heavy atom. The second-order valence-corrected chi connectivity index (χ2v) is 7.93. The van der Waals surface area contributed by atoms with Gasteiger partial charge in [-0.1, -0.05) is 12.1 Å². The van der Waals surface area contributed by atoms with Gasteiger partial charge in [0, 0.05) is 44.2 Å². The van der Waals surface area contributed by atoms with Crippen molar-refractivity contribution < 1.29 is 13.2 Å². The Labute approximate surface area is 196 Å². The summed E-state index contributed by atoms with van der Waals surface area (Å²) < 4.78 is 37.9. The average Bonchev–Trinajstić information content (AvgIpc) is 3.16. The number of fused-ring (bicyclic) bond motifs is 1. The molecule has 30 heavy (non-hydrogen) atoms. The molecule has 166 valence electrons. The third-order valence-corrected chi connectivity index (χ3v) is 5.64. The molecule has 0 saturated heterocycles. The fraction of sp³-hybridized carbons (Fsp3) is 0.500. The number of aryl methyl sites for hydroxylation is 1. The van der Waals surface area contributed by atoms with Gasteiger partial charge >= 0.3 is 6.18 Å². The molecule has 2 N–H and O–H groups in total. The van der Waals surface area contributed by atoms with Gasteiger partial charge in [-0.05, 0) is 37.0 Å². The smallest absolute Gasteiger partial charge is 0.374 e. The zero-order valence-corrected chi connectivity index (χ0v) is 20.2. The minimum Gasteiger partial charge on any atom is -0.374 e. The standard InChI is InChI=1S/C20H26F3N5S.HI/c1-3-24-19(25-9-8-18-27-17(13-29-18)20(21,22)23)26-12-14-6-7-16-15(11-14)5-4-10-28(16)2;/h6-7,11,13H,3-5,8-10,12H2,1-2H3,(H2,24,25,26);1H. The van der Waals surface area contributed by atoms with Crippen molar-refractivity contribution in [3.05, 3.63) is 45.4 Å². The summed E-state index contributed by atoms with van der Waals surface area (Å²) in [6, 6.07) is 6.47. The van der Waals surface area contributed by atoms with Crippen LogP contribution in [0.15, 0.2) is 28.6 Å². The van der Waals surface area contributed by atoms with E-state index in [1.54, 1.807) is 0 Å². The third-order valence-electron chi connectivity index (χ3n) is 4.73. The van der Waals surface area contributed by atoms with Gasteiger partial charge in [-0.3, -0.25) is 0 Å². The maximum absolute atomic E-state index is 12.6. The molecule has 0 saturated carbocycles. The van der Waals surface area contributed by atoms with E-state index in [1.807, 2.05) is 6.92 Å². The molecule has 1 aliphatic heterocycles. The predicted octanol–water partition coefficient (Wildman–Crippen LogP) is 4.46. The third kappa shape index (κ3) is 6.73. The van der Waals surface area contributed by atoms with Gasteiger partial charge in [0.15, 0.2) is 11.7 Å². The number of hydrogen-bond donors (Lipinski definition) is 2. The van der Waals surface area contributed by atoms with E-state index in [1.165, 1.54) is 11.3 Å². The number of aromatic nitrogens is 1. The first kappa shape index (κ1) is 24.7. The highest BCUT2D eigenvalue weighted by Gasteiger charge is 2.33. The van der Waals surface area contributed by atoms with Crippen molar-refractivity contribution >= 4 is 47.0 Å². The summed E-state index contributed by atoms with van der Waals surface area (Å²) in [6.07, 6.45) is -1.73. The molecule has 2 aromatic rings. The molecule has 0 bridgehead atoms. The lowest BCUT2D eigenvalue weighted by atomic mass is 10.00. The predicted molar refractivity (Wildman–Crippen MR) is 127 cm³/mol. The first-order valence-electron chi connectivity index (χ1n) is 9.73. The quantitative estimate of drug-likeness (QED) is 0.315. The normalized spacial score (nSPS) is 14.2. The fourth-order valence-electron chi connectivity index (χ4n) is 3.29. The summed E-state index contributed by atoms with van der Waals surface area (Å²) in [4.78, 5) is 10.5. The van der Waals surface area contributed by atoms with Gasteiger partial charge in [0.2, 0.25) is 0 Å². The van der Waals surface area contributed by atoms with E-state index in [0.29, 0.717) is 37.0 Å². The van der Waals surface area contributed by atoms with E-state index in [4.69, 9.17) is 0 Å². The van der Waals surface area contributed by atoms with E-state index in [2.05, 4.69) is 50.8 Å². The SMILES string of the molecule is CCNC(=NCc1ccc2c(c1)CCCN2C)NCCc1nc(C(F)(F)F)cs1.I. The number of halogens is 4. The van der Waals surface area contributed by atoms with E-state index in [9.17, 15) is 13.2 Å². The summed E-state index contributed by atoms with van der Waals surface area (Å²) in [5.74, 6) is 0.648. The maximum Gasteiger partial charge on any atom is 0.434 e. The first-order chi connectivity index (χ1) is 13.9. The monoisotopic (exact) mass is 553 g/mol. The van der Waals surface area contributed by atoms with Crippen LogP contribution < -0.4 is 15.5 Å². The Kier molecular flexibility index (Phi) is 9.20. The van der Waals surface area contributed by atoms with E-state index >= 15 is 0 Å². The van der Waals surface area contributed by atoms with Crippen LogP contribution in [0.4, 0.5) is 18.9 Å². The Morgan fingerprint density at radius 2 is 2.10 bits per heavy atom. The van der Waals surface area contributed by atoms with Crippen LogP contribution in [0.2, 0.25) is 0 Å². The zero-order chi connectivity index (χ0) is 20.9. The molecule has 10 heteroatoms. The summed E-state index contributed by atoms with van der Waals surface area (Å²) in [5, 5.41) is 7.86. The number of benzene rings is 1. The summed E-state index contributed by atoms with van der Waals surface area (Å²) in [7, 11) is 2.11. The van der Waals surface area contributed by atoms with Crippen LogP contribution >= 0.6 is 35.3 Å². The van der Waals surface area contributed by atoms with Gasteiger partial charge in [-0.2, -0.15) is 13.2 Å². The van der Waals surface area contributed by atoms with Crippen molar-refractivity contribution in [1.29, 1.82) is 0 Å². The van der Waals surface area contributed by atoms with Crippen LogP contribution in [-0.4, -0.2) is 37.6 Å². The Balaban J connectivity index is 0.00000320. The number of nitrogens with one attached hydrogen (secondary N) is 2. The van der Waals surface area contributed by atoms with Crippen molar-refractivity contribution in [2.45, 2.75) is 38.9 Å². The highest BCUT2D eigenvalue weighted by molar-refractivity contribution is 14.0. The lowest BCUT2D eigenvalue weighted by Gasteiger charge is -2.27. The van der Waals surface area contributed by atoms with Crippen molar-refractivity contribution in [3.8, 4) is 0 Å². The zero-order valence-electron chi connectivity index (χ0n) is 17.1. The first-order valence-corrected chi connectivity index (χ1v) is 10.6. The number of hydrogen-bond acceptors (Lipinski definition) is 4. The molecule has 5 nitrogen and oxygen atoms in total. The molecule has 0 radical (unpaired) electrons. The van der Waals surface area contributed by atoms with Crippen LogP contribution in [0.3, 0.4) is 0 Å². The summed E-state index contributed by atoms with van der Waals surface area (Å²) >= 11 is 1.03. The highest BCUT2D eigenvalue weighted by atomic mass is 127. The van der Waals surface area contributed by atoms with Gasteiger partial charge in [0.05, 0.1) is 11.6 Å². The largest absolute Gasteiger partial charge is 0.434 e. The van der Waals surface area contributed by atoms with E-state index in [0.717, 1.165) is 41.7 Å². The van der Waals surface area contributed by atoms with Crippen LogP contribution in [0.1, 0.15) is 35.2 Å². The second-order valence-electron chi connectivity index (χ2n) is 6.98. The summed E-state index contributed by atoms with van der Waals surface area (Å²) in [6.45, 7) is 4.77. The molecule has 0 fully saturated rings. The molecule has 2 heterocycles. The average molecular weight is 553 g/mol. The minimum atomic E-state index is -4.39. The van der Waals surface area contributed by atoms with Crippen LogP contribution in [0.5, 0.6) is 0 Å². The number of anilines is 1. The number of thiazole rings is 1. The molecule has 3 rings (SSSR count). The highest BCUT2D eigenvalue weighted by Crippen LogP contribution is 2.30. The minimum absolute atomic E-state index is 0. The van der Waals surface area contributed by atoms with Crippen molar-refractivity contribution in [2.24, 2.45) is 4.99 Å². The molecule has 0 amide bonds. The molecule has 0 unspecified atom stereocenters. The number of aliphatic imine (C=N–C) groups is 1. The van der Waals surface area contributed by atoms with Gasteiger partial charge in [-0.25, -0.2) is 9.98 Å². The van der Waals surface area contributed by atoms with Gasteiger partial charge in [0.1, 0.15) is 0 Å². The van der Waals surface area contributed by atoms with Crippen LogP contribution in [-0.2, 0) is 25.6 Å². The Morgan fingerprint density at radius 3 is 2.80 bits per heavy atom. The topological polar surface area (TPSA) is 52.6 Å². The van der Waals surface area contributed by atoms with Gasteiger partial charge < -0.3 is 15.5 Å². The lowest BCUT2D eigenvalue weighted by Crippen LogP contribution is -2.38. The number of guanidine groups is 1. The van der Waals surface area contributed by atoms with Crippen LogP contribution in [0, 0.1) is 0 Å².